The molecule has 1 N–H and O–H groups in total. The molecule has 14 heavy (non-hydrogen) atoms. The van der Waals surface area contributed by atoms with E-state index in [1.165, 1.54) is 37.3 Å². The number of nitrogens with zero attached hydrogens (tertiary/aromatic N) is 1. The largest absolute Gasteiger partial charge is 0.315 e. The number of likely N-dealkylation sites (N-methyl/N-ethyl adjacent to an activating group) is 2. The first-order valence-electron chi connectivity index (χ1n) is 5.76. The Labute approximate surface area is 91.8 Å². The molecular formula is C11H22N2S. The number of hydrogen-bond donors (Lipinski definition) is 1. The minimum Gasteiger partial charge on any atom is -0.315 e. The Morgan fingerprint density at radius 2 is 2.29 bits per heavy atom. The van der Waals surface area contributed by atoms with E-state index in [1.807, 2.05) is 0 Å². The van der Waals surface area contributed by atoms with Crippen LogP contribution in [-0.4, -0.2) is 49.1 Å². The smallest absolute Gasteiger partial charge is 0.0337 e. The zero-order chi connectivity index (χ0) is 9.97. The first kappa shape index (κ1) is 10.8. The minimum absolute atomic E-state index is 0.722. The van der Waals surface area contributed by atoms with Crippen LogP contribution in [0, 0.1) is 5.92 Å². The van der Waals surface area contributed by atoms with Crippen molar-refractivity contribution in [2.24, 2.45) is 5.92 Å². The molecule has 3 heteroatoms. The molecule has 0 bridgehead atoms. The SMILES string of the molecule is CNC(CC1CC1)C1CSCCN1C. The van der Waals surface area contributed by atoms with Gasteiger partial charge in [-0.05, 0) is 26.4 Å². The molecule has 2 nitrogen and oxygen atoms in total. The summed E-state index contributed by atoms with van der Waals surface area (Å²) < 4.78 is 0. The van der Waals surface area contributed by atoms with E-state index in [0.29, 0.717) is 0 Å². The average Bonchev–Trinajstić information content (AvgIpc) is 2.99. The summed E-state index contributed by atoms with van der Waals surface area (Å²) in [7, 11) is 4.40. The molecule has 1 saturated carbocycles. The van der Waals surface area contributed by atoms with Gasteiger partial charge in [0.25, 0.3) is 0 Å². The molecule has 2 aliphatic rings. The van der Waals surface area contributed by atoms with Crippen LogP contribution in [0.15, 0.2) is 0 Å². The maximum Gasteiger partial charge on any atom is 0.0337 e. The van der Waals surface area contributed by atoms with E-state index >= 15 is 0 Å². The Bertz CT molecular complexity index is 182. The van der Waals surface area contributed by atoms with Crippen LogP contribution in [0.4, 0.5) is 0 Å². The highest BCUT2D eigenvalue weighted by Gasteiger charge is 2.32. The van der Waals surface area contributed by atoms with Gasteiger partial charge < -0.3 is 10.2 Å². The molecule has 0 radical (unpaired) electrons. The van der Waals surface area contributed by atoms with Crippen molar-refractivity contribution in [3.05, 3.63) is 0 Å². The molecule has 2 unspecified atom stereocenters. The number of thioether (sulfide) groups is 1. The standard InChI is InChI=1S/C11H22N2S/c1-12-10(7-9-3-4-9)11-8-14-6-5-13(11)2/h9-12H,3-8H2,1-2H3. The van der Waals surface area contributed by atoms with Crippen molar-refractivity contribution in [2.75, 3.05) is 32.1 Å². The highest BCUT2D eigenvalue weighted by atomic mass is 32.2. The lowest BCUT2D eigenvalue weighted by molar-refractivity contribution is 0.209. The van der Waals surface area contributed by atoms with Crippen molar-refractivity contribution in [3.63, 3.8) is 0 Å². The summed E-state index contributed by atoms with van der Waals surface area (Å²) in [6.45, 7) is 1.26. The molecule has 82 valence electrons. The van der Waals surface area contributed by atoms with Crippen LogP contribution in [0.3, 0.4) is 0 Å². The van der Waals surface area contributed by atoms with E-state index in [1.54, 1.807) is 0 Å². The molecule has 0 aromatic rings. The average molecular weight is 214 g/mol. The third kappa shape index (κ3) is 2.65. The second kappa shape index (κ2) is 4.86. The Morgan fingerprint density at radius 3 is 2.86 bits per heavy atom. The van der Waals surface area contributed by atoms with Crippen LogP contribution in [0.2, 0.25) is 0 Å². The molecular weight excluding hydrogens is 192 g/mol. The highest BCUT2D eigenvalue weighted by molar-refractivity contribution is 7.99. The second-order valence-electron chi connectivity index (χ2n) is 4.70. The summed E-state index contributed by atoms with van der Waals surface area (Å²) in [6.07, 6.45) is 4.34. The molecule has 0 aromatic heterocycles. The van der Waals surface area contributed by atoms with E-state index in [0.717, 1.165) is 18.0 Å². The second-order valence-corrected chi connectivity index (χ2v) is 5.85. The Kier molecular flexibility index (Phi) is 3.74. The first-order chi connectivity index (χ1) is 6.81. The van der Waals surface area contributed by atoms with Crippen molar-refractivity contribution >= 4 is 11.8 Å². The van der Waals surface area contributed by atoms with Crippen molar-refractivity contribution in [3.8, 4) is 0 Å². The predicted molar refractivity (Wildman–Crippen MR) is 63.9 cm³/mol. The van der Waals surface area contributed by atoms with E-state index in [2.05, 4.69) is 36.1 Å². The summed E-state index contributed by atoms with van der Waals surface area (Å²) in [5, 5.41) is 3.52. The quantitative estimate of drug-likeness (QED) is 0.762. The van der Waals surface area contributed by atoms with E-state index in [4.69, 9.17) is 0 Å². The van der Waals surface area contributed by atoms with Gasteiger partial charge in [0.15, 0.2) is 0 Å². The highest BCUT2D eigenvalue weighted by Crippen LogP contribution is 2.35. The fourth-order valence-corrected chi connectivity index (χ4v) is 3.62. The van der Waals surface area contributed by atoms with Gasteiger partial charge >= 0.3 is 0 Å². The fraction of sp³-hybridized carbons (Fsp3) is 1.00. The molecule has 2 rings (SSSR count). The Balaban J connectivity index is 1.87. The zero-order valence-electron chi connectivity index (χ0n) is 9.33. The van der Waals surface area contributed by atoms with Crippen molar-refractivity contribution in [1.29, 1.82) is 0 Å². The normalized spacial score (nSPS) is 31.7. The molecule has 1 aliphatic heterocycles. The third-order valence-electron chi connectivity index (χ3n) is 3.56. The van der Waals surface area contributed by atoms with Gasteiger partial charge in [0.1, 0.15) is 0 Å². The summed E-state index contributed by atoms with van der Waals surface area (Å²) in [6, 6.07) is 1.49. The van der Waals surface area contributed by atoms with E-state index in [-0.39, 0.29) is 0 Å². The maximum atomic E-state index is 3.52. The summed E-state index contributed by atoms with van der Waals surface area (Å²) in [5.41, 5.74) is 0. The number of hydrogen-bond acceptors (Lipinski definition) is 3. The maximum absolute atomic E-state index is 3.52. The molecule has 2 fully saturated rings. The fourth-order valence-electron chi connectivity index (χ4n) is 2.31. The van der Waals surface area contributed by atoms with Gasteiger partial charge in [0, 0.05) is 30.1 Å². The molecule has 1 saturated heterocycles. The molecule has 0 amide bonds. The number of rotatable bonds is 4. The third-order valence-corrected chi connectivity index (χ3v) is 4.61. The molecule has 0 spiro atoms. The molecule has 1 heterocycles. The van der Waals surface area contributed by atoms with Gasteiger partial charge in [-0.3, -0.25) is 0 Å². The van der Waals surface area contributed by atoms with Crippen molar-refractivity contribution in [1.82, 2.24) is 10.2 Å². The summed E-state index contributed by atoms with van der Waals surface area (Å²) >= 11 is 2.12. The van der Waals surface area contributed by atoms with Gasteiger partial charge in [-0.15, -0.1) is 0 Å². The van der Waals surface area contributed by atoms with Gasteiger partial charge in [-0.25, -0.2) is 0 Å². The topological polar surface area (TPSA) is 15.3 Å². The monoisotopic (exact) mass is 214 g/mol. The van der Waals surface area contributed by atoms with Crippen LogP contribution in [-0.2, 0) is 0 Å². The van der Waals surface area contributed by atoms with Crippen molar-refractivity contribution < 1.29 is 0 Å². The summed E-state index contributed by atoms with van der Waals surface area (Å²) in [4.78, 5) is 2.54. The van der Waals surface area contributed by atoms with Crippen LogP contribution >= 0.6 is 11.8 Å². The lowest BCUT2D eigenvalue weighted by atomic mass is 10.0. The van der Waals surface area contributed by atoms with Gasteiger partial charge in [-0.1, -0.05) is 12.8 Å². The Hall–Kier alpha value is 0.270. The molecule has 1 aliphatic carbocycles. The van der Waals surface area contributed by atoms with E-state index < -0.39 is 0 Å². The molecule has 2 atom stereocenters. The lowest BCUT2D eigenvalue weighted by Crippen LogP contribution is -2.52. The van der Waals surface area contributed by atoms with Crippen LogP contribution in [0.5, 0.6) is 0 Å². The predicted octanol–water partition coefficient (Wildman–Crippen LogP) is 1.42. The van der Waals surface area contributed by atoms with Crippen molar-refractivity contribution in [2.45, 2.75) is 31.3 Å². The summed E-state index contributed by atoms with van der Waals surface area (Å²) in [5.74, 6) is 3.66. The van der Waals surface area contributed by atoms with Gasteiger partial charge in [-0.2, -0.15) is 11.8 Å². The van der Waals surface area contributed by atoms with E-state index in [9.17, 15) is 0 Å². The minimum atomic E-state index is 0.722. The molecule has 0 aromatic carbocycles. The first-order valence-corrected chi connectivity index (χ1v) is 6.92. The Morgan fingerprint density at radius 1 is 1.50 bits per heavy atom. The van der Waals surface area contributed by atoms with Crippen LogP contribution in [0.1, 0.15) is 19.3 Å². The van der Waals surface area contributed by atoms with Crippen LogP contribution < -0.4 is 5.32 Å². The van der Waals surface area contributed by atoms with Gasteiger partial charge in [0.05, 0.1) is 0 Å². The lowest BCUT2D eigenvalue weighted by Gasteiger charge is -2.37. The zero-order valence-corrected chi connectivity index (χ0v) is 10.1. The van der Waals surface area contributed by atoms with Gasteiger partial charge in [0.2, 0.25) is 0 Å². The number of nitrogens with one attached hydrogen (secondary N) is 1. The van der Waals surface area contributed by atoms with Crippen LogP contribution in [0.25, 0.3) is 0 Å².